The van der Waals surface area contributed by atoms with Crippen molar-refractivity contribution in [1.29, 1.82) is 0 Å². The van der Waals surface area contributed by atoms with E-state index in [9.17, 15) is 4.79 Å². The molecule has 6 heteroatoms. The van der Waals surface area contributed by atoms with Crippen LogP contribution < -0.4 is 5.48 Å². The monoisotopic (exact) mass is 293 g/mol. The molecule has 0 spiro atoms. The molecule has 1 amide bonds. The lowest BCUT2D eigenvalue weighted by molar-refractivity contribution is 0.0363. The molecule has 0 atom stereocenters. The van der Waals surface area contributed by atoms with Gasteiger partial charge in [0, 0.05) is 5.02 Å². The van der Waals surface area contributed by atoms with E-state index in [1.807, 2.05) is 19.1 Å². The Morgan fingerprint density at radius 3 is 2.90 bits per heavy atom. The Kier molecular flexibility index (Phi) is 4.76. The van der Waals surface area contributed by atoms with Crippen molar-refractivity contribution in [2.45, 2.75) is 20.3 Å². The fourth-order valence-corrected chi connectivity index (χ4v) is 2.11. The van der Waals surface area contributed by atoms with E-state index in [1.165, 1.54) is 6.20 Å². The van der Waals surface area contributed by atoms with Crippen LogP contribution in [0, 0.1) is 0 Å². The van der Waals surface area contributed by atoms with Gasteiger partial charge in [-0.1, -0.05) is 24.6 Å². The van der Waals surface area contributed by atoms with Crippen molar-refractivity contribution in [3.8, 4) is 5.69 Å². The van der Waals surface area contributed by atoms with Gasteiger partial charge in [0.15, 0.2) is 0 Å². The van der Waals surface area contributed by atoms with Gasteiger partial charge in [0.05, 0.1) is 29.7 Å². The first-order valence-electron chi connectivity index (χ1n) is 6.42. The number of aromatic nitrogens is 2. The predicted molar refractivity (Wildman–Crippen MR) is 77.0 cm³/mol. The minimum Gasteiger partial charge on any atom is -0.274 e. The van der Waals surface area contributed by atoms with E-state index in [4.69, 9.17) is 16.4 Å². The number of halogens is 1. The van der Waals surface area contributed by atoms with Crippen molar-refractivity contribution in [1.82, 2.24) is 15.3 Å². The molecule has 0 unspecified atom stereocenters. The third-order valence-corrected chi connectivity index (χ3v) is 3.05. The average Bonchev–Trinajstić information content (AvgIpc) is 2.88. The maximum Gasteiger partial charge on any atom is 0.278 e. The summed E-state index contributed by atoms with van der Waals surface area (Å²) in [5, 5.41) is 4.89. The molecule has 0 aliphatic carbocycles. The summed E-state index contributed by atoms with van der Waals surface area (Å²) in [6.45, 7) is 4.18. The lowest BCUT2D eigenvalue weighted by atomic mass is 10.2. The average molecular weight is 294 g/mol. The topological polar surface area (TPSA) is 56.1 Å². The number of hydrogen-bond acceptors (Lipinski definition) is 3. The molecule has 20 heavy (non-hydrogen) atoms. The van der Waals surface area contributed by atoms with Gasteiger partial charge < -0.3 is 0 Å². The van der Waals surface area contributed by atoms with Gasteiger partial charge in [0.1, 0.15) is 0 Å². The van der Waals surface area contributed by atoms with Crippen molar-refractivity contribution in [3.63, 3.8) is 0 Å². The molecule has 106 valence electrons. The molecule has 0 aliphatic heterocycles. The third kappa shape index (κ3) is 3.00. The summed E-state index contributed by atoms with van der Waals surface area (Å²) in [6, 6.07) is 7.34. The SMILES string of the molecule is CCONC(=O)c1cnn(-c2cccc(Cl)c2)c1CC. The Bertz CT molecular complexity index is 610. The first-order chi connectivity index (χ1) is 9.67. The summed E-state index contributed by atoms with van der Waals surface area (Å²) >= 11 is 5.99. The minimum atomic E-state index is -0.294. The molecule has 1 heterocycles. The Labute approximate surface area is 122 Å². The molecule has 0 radical (unpaired) electrons. The molecule has 0 aliphatic rings. The van der Waals surface area contributed by atoms with Crippen LogP contribution >= 0.6 is 11.6 Å². The fourth-order valence-electron chi connectivity index (χ4n) is 1.93. The van der Waals surface area contributed by atoms with Crippen molar-refractivity contribution >= 4 is 17.5 Å². The molecule has 0 saturated heterocycles. The van der Waals surface area contributed by atoms with Crippen LogP contribution in [0.2, 0.25) is 5.02 Å². The van der Waals surface area contributed by atoms with Gasteiger partial charge in [0.2, 0.25) is 0 Å². The van der Waals surface area contributed by atoms with Gasteiger partial charge in [-0.05, 0) is 31.5 Å². The van der Waals surface area contributed by atoms with Crippen LogP contribution in [-0.4, -0.2) is 22.3 Å². The number of nitrogens with zero attached hydrogens (tertiary/aromatic N) is 2. The van der Waals surface area contributed by atoms with E-state index in [0.29, 0.717) is 23.6 Å². The molecular weight excluding hydrogens is 278 g/mol. The number of amides is 1. The van der Waals surface area contributed by atoms with Crippen LogP contribution in [0.15, 0.2) is 30.5 Å². The summed E-state index contributed by atoms with van der Waals surface area (Å²) in [6.07, 6.45) is 2.20. The summed E-state index contributed by atoms with van der Waals surface area (Å²) in [7, 11) is 0. The molecule has 1 aromatic heterocycles. The molecule has 1 N–H and O–H groups in total. The number of carbonyl (C=O) groups excluding carboxylic acids is 1. The van der Waals surface area contributed by atoms with Crippen LogP contribution in [0.25, 0.3) is 5.69 Å². The second-order valence-corrected chi connectivity index (χ2v) is 4.55. The Balaban J connectivity index is 2.37. The smallest absolute Gasteiger partial charge is 0.274 e. The minimum absolute atomic E-state index is 0.294. The number of hydroxylamine groups is 1. The largest absolute Gasteiger partial charge is 0.278 e. The zero-order valence-electron chi connectivity index (χ0n) is 11.4. The number of rotatable bonds is 5. The third-order valence-electron chi connectivity index (χ3n) is 2.81. The lowest BCUT2D eigenvalue weighted by Crippen LogP contribution is -2.24. The molecule has 2 aromatic rings. The van der Waals surface area contributed by atoms with Gasteiger partial charge in [-0.2, -0.15) is 5.10 Å². The zero-order chi connectivity index (χ0) is 14.5. The van der Waals surface area contributed by atoms with E-state index in [1.54, 1.807) is 23.7 Å². The second kappa shape index (κ2) is 6.54. The maximum absolute atomic E-state index is 12.0. The Morgan fingerprint density at radius 2 is 2.25 bits per heavy atom. The molecule has 0 saturated carbocycles. The highest BCUT2D eigenvalue weighted by molar-refractivity contribution is 6.30. The number of hydrogen-bond donors (Lipinski definition) is 1. The van der Waals surface area contributed by atoms with Gasteiger partial charge in [-0.15, -0.1) is 0 Å². The summed E-state index contributed by atoms with van der Waals surface area (Å²) in [5.74, 6) is -0.294. The quantitative estimate of drug-likeness (QED) is 0.863. The summed E-state index contributed by atoms with van der Waals surface area (Å²) < 4.78 is 1.72. The van der Waals surface area contributed by atoms with Gasteiger partial charge in [-0.3, -0.25) is 9.63 Å². The van der Waals surface area contributed by atoms with Crippen molar-refractivity contribution in [2.75, 3.05) is 6.61 Å². The number of carbonyl (C=O) groups is 1. The first-order valence-corrected chi connectivity index (χ1v) is 6.80. The highest BCUT2D eigenvalue weighted by Crippen LogP contribution is 2.19. The highest BCUT2D eigenvalue weighted by Gasteiger charge is 2.17. The molecular formula is C14H16ClN3O2. The molecule has 0 fully saturated rings. The second-order valence-electron chi connectivity index (χ2n) is 4.11. The Morgan fingerprint density at radius 1 is 1.45 bits per heavy atom. The molecule has 2 rings (SSSR count). The molecule has 1 aromatic carbocycles. The maximum atomic E-state index is 12.0. The zero-order valence-corrected chi connectivity index (χ0v) is 12.1. The number of nitrogens with one attached hydrogen (secondary N) is 1. The number of benzene rings is 1. The molecule has 5 nitrogen and oxygen atoms in total. The highest BCUT2D eigenvalue weighted by atomic mass is 35.5. The van der Waals surface area contributed by atoms with E-state index in [2.05, 4.69) is 10.6 Å². The van der Waals surface area contributed by atoms with Crippen molar-refractivity contribution in [3.05, 3.63) is 46.7 Å². The van der Waals surface area contributed by atoms with Crippen LogP contribution in [0.3, 0.4) is 0 Å². The lowest BCUT2D eigenvalue weighted by Gasteiger charge is -2.08. The summed E-state index contributed by atoms with van der Waals surface area (Å²) in [5.41, 5.74) is 4.52. The fraction of sp³-hybridized carbons (Fsp3) is 0.286. The van der Waals surface area contributed by atoms with Crippen LogP contribution in [0.1, 0.15) is 29.9 Å². The van der Waals surface area contributed by atoms with Gasteiger partial charge >= 0.3 is 0 Å². The normalized spacial score (nSPS) is 10.6. The van der Waals surface area contributed by atoms with E-state index in [0.717, 1.165) is 11.4 Å². The Hall–Kier alpha value is -1.85. The van der Waals surface area contributed by atoms with E-state index in [-0.39, 0.29) is 5.91 Å². The molecule has 0 bridgehead atoms. The van der Waals surface area contributed by atoms with Crippen LogP contribution in [0.4, 0.5) is 0 Å². The van der Waals surface area contributed by atoms with Gasteiger partial charge in [0.25, 0.3) is 5.91 Å². The van der Waals surface area contributed by atoms with Crippen LogP contribution in [-0.2, 0) is 11.3 Å². The van der Waals surface area contributed by atoms with Gasteiger partial charge in [-0.25, -0.2) is 10.2 Å². The van der Waals surface area contributed by atoms with Crippen molar-refractivity contribution in [2.24, 2.45) is 0 Å². The van der Waals surface area contributed by atoms with Crippen LogP contribution in [0.5, 0.6) is 0 Å². The predicted octanol–water partition coefficient (Wildman–Crippen LogP) is 2.77. The first kappa shape index (κ1) is 14.6. The summed E-state index contributed by atoms with van der Waals surface area (Å²) in [4.78, 5) is 16.9. The van der Waals surface area contributed by atoms with E-state index < -0.39 is 0 Å². The van der Waals surface area contributed by atoms with Crippen molar-refractivity contribution < 1.29 is 9.63 Å². The van der Waals surface area contributed by atoms with E-state index >= 15 is 0 Å². The standard InChI is InChI=1S/C14H16ClN3O2/c1-3-13-12(14(19)17-20-4-2)9-16-18(13)11-7-5-6-10(15)8-11/h5-9H,3-4H2,1-2H3,(H,17,19).